The van der Waals surface area contributed by atoms with Crippen molar-refractivity contribution in [1.29, 1.82) is 0 Å². The number of para-hydroxylation sites is 4. The highest BCUT2D eigenvalue weighted by Crippen LogP contribution is 2.63. The minimum absolute atomic E-state index is 0.347. The van der Waals surface area contributed by atoms with Crippen molar-refractivity contribution in [2.75, 3.05) is 19.6 Å². The second-order valence-electron chi connectivity index (χ2n) is 48.9. The smallest absolute Gasteiger partial charge is 0.0562 e. The Balaban J connectivity index is 1.13. The van der Waals surface area contributed by atoms with E-state index in [0.29, 0.717) is 0 Å². The molecule has 0 radical (unpaired) electrons. The Morgan fingerprint density at radius 3 is 0.446 bits per heavy atom. The number of benzene rings is 20. The average Bonchev–Trinajstić information content (AvgIpc) is 0.688. The predicted molar refractivity (Wildman–Crippen MR) is 642 cm³/mol. The van der Waals surface area contributed by atoms with Crippen molar-refractivity contribution in [1.82, 2.24) is 0 Å². The van der Waals surface area contributed by atoms with Crippen LogP contribution in [0.1, 0.15) is 211 Å². The molecule has 0 atom stereocenters. The van der Waals surface area contributed by atoms with E-state index in [0.717, 1.165) is 190 Å². The second-order valence-corrected chi connectivity index (χ2v) is 48.9. The van der Waals surface area contributed by atoms with Crippen LogP contribution in [0.15, 0.2) is 425 Å². The molecule has 0 N–H and O–H groups in total. The van der Waals surface area contributed by atoms with Gasteiger partial charge in [-0.3, -0.25) is 0 Å². The number of nitrogens with zero attached hydrogens (tertiary/aromatic N) is 4. The van der Waals surface area contributed by atoms with Crippen molar-refractivity contribution in [3.8, 4) is 89.0 Å². The fourth-order valence-electron chi connectivity index (χ4n) is 22.3. The van der Waals surface area contributed by atoms with Gasteiger partial charge in [-0.1, -0.05) is 530 Å². The van der Waals surface area contributed by atoms with Crippen LogP contribution in [0.4, 0.5) is 68.2 Å². The van der Waals surface area contributed by atoms with Crippen LogP contribution in [0.25, 0.3) is 121 Å². The molecule has 148 heavy (non-hydrogen) atoms. The molecule has 0 heterocycles. The third kappa shape index (κ3) is 19.1. The van der Waals surface area contributed by atoms with Gasteiger partial charge in [0.15, 0.2) is 0 Å². The van der Waals surface area contributed by atoms with Crippen molar-refractivity contribution in [3.05, 3.63) is 469 Å². The van der Waals surface area contributed by atoms with Crippen LogP contribution in [0.5, 0.6) is 0 Å². The molecular formula is C144H142N4. The monoisotopic (exact) mass is 1930 g/mol. The highest BCUT2D eigenvalue weighted by Gasteiger charge is 2.41. The molecule has 0 aliphatic heterocycles. The molecule has 0 saturated carbocycles. The highest BCUT2D eigenvalue weighted by atomic mass is 15.2. The zero-order valence-corrected chi connectivity index (χ0v) is 91.2. The van der Waals surface area contributed by atoms with Gasteiger partial charge in [-0.2, -0.15) is 0 Å². The van der Waals surface area contributed by atoms with Crippen molar-refractivity contribution in [3.63, 3.8) is 0 Å². The van der Waals surface area contributed by atoms with Crippen molar-refractivity contribution in [2.45, 2.75) is 209 Å². The zero-order chi connectivity index (χ0) is 104. The van der Waals surface area contributed by atoms with Gasteiger partial charge in [0.1, 0.15) is 0 Å². The first-order valence-corrected chi connectivity index (χ1v) is 53.1. The summed E-state index contributed by atoms with van der Waals surface area (Å²) in [5, 5.41) is 6.46. The molecule has 4 heteroatoms. The lowest BCUT2D eigenvalue weighted by molar-refractivity contribution is 0.569. The van der Waals surface area contributed by atoms with E-state index in [9.17, 15) is 0 Å². The molecule has 20 aromatic carbocycles. The van der Waals surface area contributed by atoms with E-state index in [1.165, 1.54) is 44.5 Å². The summed E-state index contributed by atoms with van der Waals surface area (Å²) in [5.74, 6) is 0. The lowest BCUT2D eigenvalue weighted by Crippen LogP contribution is -2.23. The molecule has 20 rings (SSSR count). The summed E-state index contributed by atoms with van der Waals surface area (Å²) in [6.45, 7) is 57.8. The maximum absolute atomic E-state index is 2.75. The summed E-state index contributed by atoms with van der Waals surface area (Å²) >= 11 is 0. The topological polar surface area (TPSA) is 13.0 Å². The average molecular weight is 1930 g/mol. The van der Waals surface area contributed by atoms with Gasteiger partial charge in [-0.25, -0.2) is 0 Å². The van der Waals surface area contributed by atoms with Crippen LogP contribution in [0.2, 0.25) is 0 Å². The van der Waals surface area contributed by atoms with Crippen molar-refractivity contribution < 1.29 is 0 Å². The fourth-order valence-corrected chi connectivity index (χ4v) is 22.3. The Bertz CT molecular complexity index is 7300. The van der Waals surface area contributed by atoms with Crippen molar-refractivity contribution in [2.24, 2.45) is 0 Å². The normalized spacial score (nSPS) is 12.5. The highest BCUT2D eigenvalue weighted by molar-refractivity contribution is 6.34. The van der Waals surface area contributed by atoms with E-state index >= 15 is 0 Å². The standard InChI is InChI=1S/C144H142N4/c1-137(2,3)103-85-115(141(13,14)15)131(99-65-41-29-42-66-99)127(89-103)145(119-77-53-49-73-107(119)95-57-33-25-34-58-95)123-93-124(146(120-78-54-50-74-108(120)96-59-35-26-36-60-96)128-90-104(138(4,5)6)86-116(142(16,17)18)132(128)100-67-43-30-44-68-100)112-83-84-114-126(148(122-80-56-52-76-110(122)98-63-39-28-40-64-98)130-92-106(140(10,11)12)88-118(144(22,23)24)134(130)102-71-47-32-48-72-102)94-125(113-82-81-111(123)135(112)136(113)114)147(121-79-55-51-75-109(121)97-61-37-27-38-62-97)129-91-105(139(7,8)9)87-117(143(19,20)21)133(129)101-69-45-31-46-70-101/h25-94H,1-24H3. The summed E-state index contributed by atoms with van der Waals surface area (Å²) < 4.78 is 0. The third-order valence-corrected chi connectivity index (χ3v) is 30.1. The van der Waals surface area contributed by atoms with Crippen LogP contribution in [-0.2, 0) is 43.3 Å². The molecule has 20 aromatic rings. The SMILES string of the molecule is CC(C)(C)c1cc(N(c2ccccc2-c2ccccc2)c2cc(N(c3ccccc3-c3ccccc3)c3cc(C(C)(C)C)cc(C(C)(C)C)c3-c3ccccc3)c3ccc4c(N(c5ccccc5-c5ccccc5)c5cc(C(C)(C)C)cc(C(C)(C)C)c5-c5ccccc5)cc(N(c5ccccc5-c5ccccc5)c5cc(C(C)(C)C)cc(C(C)(C)C)c5-c5ccccc5)c5ccc2c3c54)c(-c2ccccc2)c(C(C)(C)C)c1. The molecule has 0 aliphatic rings. The Morgan fingerprint density at radius 1 is 0.128 bits per heavy atom. The van der Waals surface area contributed by atoms with Crippen LogP contribution in [0.3, 0.4) is 0 Å². The van der Waals surface area contributed by atoms with Gasteiger partial charge in [0.25, 0.3) is 0 Å². The Labute approximate surface area is 881 Å². The molecule has 0 aromatic heterocycles. The molecule has 738 valence electrons. The summed E-state index contributed by atoms with van der Waals surface area (Å²) in [5.41, 5.74) is 37.3. The van der Waals surface area contributed by atoms with Gasteiger partial charge in [-0.05, 0) is 193 Å². The Kier molecular flexibility index (Phi) is 26.2. The lowest BCUT2D eigenvalue weighted by Gasteiger charge is -2.39. The first kappa shape index (κ1) is 100.0. The molecule has 0 saturated heterocycles. The summed E-state index contributed by atoms with van der Waals surface area (Å²) in [6.07, 6.45) is 0. The van der Waals surface area contributed by atoms with E-state index in [1.54, 1.807) is 0 Å². The van der Waals surface area contributed by atoms with Crippen LogP contribution in [0, 0.1) is 0 Å². The minimum Gasteiger partial charge on any atom is -0.309 e. The third-order valence-electron chi connectivity index (χ3n) is 30.1. The first-order chi connectivity index (χ1) is 70.6. The Morgan fingerprint density at radius 2 is 0.284 bits per heavy atom. The van der Waals surface area contributed by atoms with E-state index in [2.05, 4.69) is 610 Å². The van der Waals surface area contributed by atoms with Crippen molar-refractivity contribution >= 4 is 101 Å². The minimum atomic E-state index is -0.391. The van der Waals surface area contributed by atoms with Crippen LogP contribution >= 0.6 is 0 Å². The van der Waals surface area contributed by atoms with E-state index < -0.39 is 21.7 Å². The Hall–Kier alpha value is -15.4. The largest absolute Gasteiger partial charge is 0.309 e. The van der Waals surface area contributed by atoms with Gasteiger partial charge in [0, 0.05) is 76.8 Å². The number of rotatable bonds is 20. The van der Waals surface area contributed by atoms with Crippen LogP contribution in [-0.4, -0.2) is 0 Å². The quantitative estimate of drug-likeness (QED) is 0.0705. The first-order valence-electron chi connectivity index (χ1n) is 53.1. The maximum atomic E-state index is 2.75. The molecule has 4 nitrogen and oxygen atoms in total. The molecule has 0 fully saturated rings. The summed E-state index contributed by atoms with van der Waals surface area (Å²) in [7, 11) is 0. The summed E-state index contributed by atoms with van der Waals surface area (Å²) in [6, 6.07) is 163. The van der Waals surface area contributed by atoms with Gasteiger partial charge >= 0.3 is 0 Å². The molecule has 0 amide bonds. The van der Waals surface area contributed by atoms with Gasteiger partial charge in [-0.15, -0.1) is 0 Å². The number of anilines is 12. The van der Waals surface area contributed by atoms with E-state index in [1.807, 2.05) is 0 Å². The number of hydrogen-bond donors (Lipinski definition) is 0. The fraction of sp³-hybridized carbons (Fsp3) is 0.222. The molecule has 0 unspecified atom stereocenters. The zero-order valence-electron chi connectivity index (χ0n) is 91.2. The molecular weight excluding hydrogens is 1790 g/mol. The second kappa shape index (κ2) is 38.8. The molecule has 0 aliphatic carbocycles. The molecule has 0 spiro atoms. The predicted octanol–water partition coefficient (Wildman–Crippen LogP) is 42.2. The maximum Gasteiger partial charge on any atom is 0.0562 e. The van der Waals surface area contributed by atoms with Gasteiger partial charge in [0.05, 0.1) is 68.2 Å². The number of hydrogen-bond acceptors (Lipinski definition) is 4. The molecule has 0 bridgehead atoms. The van der Waals surface area contributed by atoms with E-state index in [-0.39, 0.29) is 21.7 Å². The summed E-state index contributed by atoms with van der Waals surface area (Å²) in [4.78, 5) is 11.0. The lowest BCUT2D eigenvalue weighted by atomic mass is 9.76. The van der Waals surface area contributed by atoms with Crippen LogP contribution < -0.4 is 19.6 Å². The van der Waals surface area contributed by atoms with E-state index in [4.69, 9.17) is 0 Å². The van der Waals surface area contributed by atoms with Gasteiger partial charge < -0.3 is 19.6 Å². The van der Waals surface area contributed by atoms with Gasteiger partial charge in [0.2, 0.25) is 0 Å².